The first-order valence-corrected chi connectivity index (χ1v) is 44.9. The zero-order chi connectivity index (χ0) is 75.4. The molecule has 14 heteroatoms. The Morgan fingerprint density at radius 2 is 0.260 bits per heavy atom. The van der Waals surface area contributed by atoms with E-state index in [-0.39, 0.29) is 71.7 Å². The Kier molecular flexibility index (Phi) is 101. The Morgan fingerprint density at radius 3 is 0.356 bits per heavy atom. The fourth-order valence-electron chi connectivity index (χ4n) is 14.6. The molecule has 0 saturated carbocycles. The minimum atomic E-state index is -0.945. The van der Waals surface area contributed by atoms with Crippen LogP contribution in [0, 0.1) is 17.8 Å². The molecule has 0 N–H and O–H groups in total. The minimum Gasteiger partial charge on any atom is -0.550 e. The smallest absolute Gasteiger partial charge is 0.550 e. The fourth-order valence-corrected chi connectivity index (χ4v) is 14.6. The van der Waals surface area contributed by atoms with Crippen molar-refractivity contribution in [2.45, 2.75) is 522 Å². The average molecular weight is 1500 g/mol. The van der Waals surface area contributed by atoms with E-state index in [1.807, 2.05) is 0 Å². The molecule has 0 bridgehead atoms. The third-order valence-electron chi connectivity index (χ3n) is 21.5. The Bertz CT molecular complexity index is 1560. The summed E-state index contributed by atoms with van der Waals surface area (Å²) in [6.45, 7) is 6.80. The molecular formula is C90H168Al2O12. The van der Waals surface area contributed by atoms with E-state index in [1.54, 1.807) is 0 Å². The third-order valence-corrected chi connectivity index (χ3v) is 21.5. The second kappa shape index (κ2) is 95.1. The average Bonchev–Trinajstić information content (AvgIpc) is 1.09. The minimum absolute atomic E-state index is 0. The molecule has 3 unspecified atom stereocenters. The Morgan fingerprint density at radius 1 is 0.163 bits per heavy atom. The van der Waals surface area contributed by atoms with Crippen LogP contribution in [0.15, 0.2) is 0 Å². The molecule has 0 amide bonds. The molecule has 0 saturated heterocycles. The second-order valence-electron chi connectivity index (χ2n) is 31.5. The van der Waals surface area contributed by atoms with Gasteiger partial charge in [0.15, 0.2) is 0 Å². The van der Waals surface area contributed by atoms with E-state index in [0.717, 1.165) is 212 Å². The van der Waals surface area contributed by atoms with Crippen molar-refractivity contribution in [1.82, 2.24) is 0 Å². The zero-order valence-electron chi connectivity index (χ0n) is 68.9. The third kappa shape index (κ3) is 97.9. The molecule has 0 rings (SSSR count). The van der Waals surface area contributed by atoms with Crippen molar-refractivity contribution in [1.29, 1.82) is 0 Å². The zero-order valence-corrected chi connectivity index (χ0v) is 71.2. The molecule has 0 aliphatic heterocycles. The van der Waals surface area contributed by atoms with Gasteiger partial charge in [0.05, 0.1) is 0 Å². The summed E-state index contributed by atoms with van der Waals surface area (Å²) in [7, 11) is 0. The number of carbonyl (C=O) groups excluding carboxylic acids is 6. The summed E-state index contributed by atoms with van der Waals surface area (Å²) in [5, 5.41) is 65.4. The van der Waals surface area contributed by atoms with E-state index < -0.39 is 35.8 Å². The van der Waals surface area contributed by atoms with E-state index >= 15 is 0 Å². The first-order chi connectivity index (χ1) is 49.7. The molecule has 0 radical (unpaired) electrons. The summed E-state index contributed by atoms with van der Waals surface area (Å²) in [4.78, 5) is 65.4. The van der Waals surface area contributed by atoms with E-state index in [4.69, 9.17) is 0 Å². The van der Waals surface area contributed by atoms with Crippen LogP contribution in [0.4, 0.5) is 0 Å². The van der Waals surface area contributed by atoms with E-state index in [2.05, 4.69) is 20.8 Å². The fraction of sp³-hybridized carbons (Fsp3) is 0.933. The van der Waals surface area contributed by atoms with E-state index in [0.29, 0.717) is 0 Å². The van der Waals surface area contributed by atoms with Gasteiger partial charge in [-0.25, -0.2) is 0 Å². The van der Waals surface area contributed by atoms with Gasteiger partial charge in [-0.05, 0) is 94.8 Å². The summed E-state index contributed by atoms with van der Waals surface area (Å²) >= 11 is 0. The summed E-state index contributed by atoms with van der Waals surface area (Å²) in [6.07, 6.45) is 89.6. The van der Waals surface area contributed by atoms with Gasteiger partial charge in [0.25, 0.3) is 0 Å². The molecule has 0 heterocycles. The van der Waals surface area contributed by atoms with Crippen LogP contribution in [0.2, 0.25) is 0 Å². The van der Waals surface area contributed by atoms with Crippen molar-refractivity contribution in [3.8, 4) is 0 Å². The first-order valence-electron chi connectivity index (χ1n) is 44.9. The van der Waals surface area contributed by atoms with Crippen molar-refractivity contribution in [2.24, 2.45) is 17.8 Å². The quantitative estimate of drug-likeness (QED) is 0.0408. The van der Waals surface area contributed by atoms with Gasteiger partial charge in [-0.3, -0.25) is 0 Å². The molecule has 12 nitrogen and oxygen atoms in total. The summed E-state index contributed by atoms with van der Waals surface area (Å²) < 4.78 is 0. The maximum atomic E-state index is 11.4. The van der Waals surface area contributed by atoms with Crippen LogP contribution >= 0.6 is 0 Å². The van der Waals surface area contributed by atoms with Crippen molar-refractivity contribution in [3.05, 3.63) is 0 Å². The number of carboxylic acid groups (broad SMARTS) is 6. The van der Waals surface area contributed by atoms with Gasteiger partial charge in [0.1, 0.15) is 0 Å². The van der Waals surface area contributed by atoms with Crippen LogP contribution in [0.3, 0.4) is 0 Å². The van der Waals surface area contributed by atoms with Crippen LogP contribution in [0.5, 0.6) is 0 Å². The van der Waals surface area contributed by atoms with Gasteiger partial charge in [-0.2, -0.15) is 0 Å². The number of carbonyl (C=O) groups is 6. The van der Waals surface area contributed by atoms with Crippen LogP contribution in [0.1, 0.15) is 522 Å². The Labute approximate surface area is 665 Å². The molecule has 606 valence electrons. The van der Waals surface area contributed by atoms with Crippen molar-refractivity contribution in [3.63, 3.8) is 0 Å². The van der Waals surface area contributed by atoms with Crippen molar-refractivity contribution >= 4 is 70.5 Å². The van der Waals surface area contributed by atoms with Crippen LogP contribution in [-0.4, -0.2) is 70.5 Å². The molecule has 104 heavy (non-hydrogen) atoms. The van der Waals surface area contributed by atoms with Gasteiger partial charge in [-0.15, -0.1) is 0 Å². The van der Waals surface area contributed by atoms with Gasteiger partial charge in [0.2, 0.25) is 0 Å². The molecule has 0 aromatic heterocycles. The number of hydrogen-bond acceptors (Lipinski definition) is 12. The molecule has 3 atom stereocenters. The van der Waals surface area contributed by atoms with Crippen molar-refractivity contribution < 1.29 is 59.4 Å². The number of aliphatic carboxylic acids is 6. The molecule has 0 spiro atoms. The largest absolute Gasteiger partial charge is 3.00 e. The van der Waals surface area contributed by atoms with Gasteiger partial charge < -0.3 is 59.4 Å². The molecule has 0 fully saturated rings. The molecule has 0 aromatic rings. The molecule has 0 aliphatic carbocycles. The predicted molar refractivity (Wildman–Crippen MR) is 429 cm³/mol. The first kappa shape index (κ1) is 110. The molecule has 0 aliphatic rings. The summed E-state index contributed by atoms with van der Waals surface area (Å²) in [5.41, 5.74) is 0. The standard InChI is InChI=1S/3C30H58O4.2Al/c3*1-2-3-4-5-6-7-8-9-10-11-13-16-19-22-25-28(30(33)34)26-23-20-17-14-12-15-18-21-24-27-29(31)32;;/h3*28H,2-27H2,1H3,(H,31,32)(H,33,34);;/q;;;2*+3/p-6. The van der Waals surface area contributed by atoms with Gasteiger partial charge in [0, 0.05) is 35.8 Å². The maximum Gasteiger partial charge on any atom is 3.00 e. The summed E-state index contributed by atoms with van der Waals surface area (Å²) in [5.74, 6) is -6.19. The maximum absolute atomic E-state index is 11.4. The van der Waals surface area contributed by atoms with E-state index in [9.17, 15) is 59.4 Å². The molecule has 0 aromatic carbocycles. The van der Waals surface area contributed by atoms with E-state index in [1.165, 1.54) is 270 Å². The number of rotatable bonds is 84. The normalized spacial score (nSPS) is 11.9. The Hall–Kier alpha value is -2.12. The van der Waals surface area contributed by atoms with Crippen LogP contribution in [-0.2, 0) is 28.8 Å². The van der Waals surface area contributed by atoms with Crippen molar-refractivity contribution in [2.75, 3.05) is 0 Å². The number of carboxylic acids is 6. The number of unbranched alkanes of at least 4 members (excludes halogenated alkanes) is 63. The van der Waals surface area contributed by atoms with Crippen LogP contribution < -0.4 is 30.6 Å². The van der Waals surface area contributed by atoms with Gasteiger partial charge >= 0.3 is 34.7 Å². The summed E-state index contributed by atoms with van der Waals surface area (Å²) in [6, 6.07) is 0. The molecular weight excluding hydrogens is 1330 g/mol. The van der Waals surface area contributed by atoms with Gasteiger partial charge in [-0.1, -0.05) is 445 Å². The monoisotopic (exact) mass is 1500 g/mol. The Balaban J connectivity index is -0.000000467. The second-order valence-corrected chi connectivity index (χ2v) is 31.5. The predicted octanol–water partition coefficient (Wildman–Crippen LogP) is 21.0. The van der Waals surface area contributed by atoms with Crippen LogP contribution in [0.25, 0.3) is 0 Å². The SMILES string of the molecule is CCCCCCCCCCCCCCCCC(CCCCCCCCCCCC(=O)[O-])C(=O)[O-].CCCCCCCCCCCCCCCCC(CCCCCCCCCCCC(=O)[O-])C(=O)[O-].CCCCCCCCCCCCCCCCC(CCCCCCCCCCCC(=O)[O-])C(=O)[O-].[Al+3].[Al+3]. The number of hydrogen-bond donors (Lipinski definition) is 0. The topological polar surface area (TPSA) is 241 Å².